The molecular weight excluding hydrogens is 299 g/mol. The van der Waals surface area contributed by atoms with Gasteiger partial charge in [-0.3, -0.25) is 4.79 Å². The number of benzene rings is 1. The topological polar surface area (TPSA) is 32.3 Å². The molecule has 0 heterocycles. The molecule has 1 N–H and O–H groups in total. The van der Waals surface area contributed by atoms with Crippen molar-refractivity contribution in [1.82, 2.24) is 10.2 Å². The lowest BCUT2D eigenvalue weighted by atomic mass is 10.2. The summed E-state index contributed by atoms with van der Waals surface area (Å²) < 4.78 is 14.0. The van der Waals surface area contributed by atoms with Gasteiger partial charge >= 0.3 is 0 Å². The highest BCUT2D eigenvalue weighted by atomic mass is 79.9. The molecule has 0 bridgehead atoms. The molecule has 0 unspecified atom stereocenters. The quantitative estimate of drug-likeness (QED) is 0.875. The van der Waals surface area contributed by atoms with Gasteiger partial charge in [0, 0.05) is 17.6 Å². The van der Waals surface area contributed by atoms with Crippen molar-refractivity contribution >= 4 is 21.8 Å². The molecule has 100 valence electrons. The maximum Gasteiger partial charge on any atom is 0.255 e. The van der Waals surface area contributed by atoms with Crippen LogP contribution >= 0.6 is 15.9 Å². The van der Waals surface area contributed by atoms with Crippen molar-refractivity contribution in [2.24, 2.45) is 0 Å². The van der Waals surface area contributed by atoms with Crippen LogP contribution in [0.2, 0.25) is 0 Å². The fourth-order valence-electron chi connectivity index (χ4n) is 1.67. The molecule has 0 aliphatic rings. The number of rotatable bonds is 6. The first-order valence-electron chi connectivity index (χ1n) is 6.04. The summed E-state index contributed by atoms with van der Waals surface area (Å²) in [6.45, 7) is 7.30. The summed E-state index contributed by atoms with van der Waals surface area (Å²) in [6.07, 6.45) is 0. The molecule has 0 saturated heterocycles. The first kappa shape index (κ1) is 15.1. The minimum Gasteiger partial charge on any atom is -0.351 e. The van der Waals surface area contributed by atoms with Gasteiger partial charge < -0.3 is 10.2 Å². The Balaban J connectivity index is 2.56. The van der Waals surface area contributed by atoms with Gasteiger partial charge in [-0.05, 0) is 41.2 Å². The monoisotopic (exact) mass is 316 g/mol. The van der Waals surface area contributed by atoms with Crippen LogP contribution < -0.4 is 5.32 Å². The highest BCUT2D eigenvalue weighted by Crippen LogP contribution is 2.19. The predicted molar refractivity (Wildman–Crippen MR) is 74.2 cm³/mol. The summed E-state index contributed by atoms with van der Waals surface area (Å²) in [6, 6.07) is 4.50. The third-order valence-electron chi connectivity index (χ3n) is 2.80. The Kier molecular flexibility index (Phi) is 6.29. The maximum atomic E-state index is 13.5. The fourth-order valence-corrected chi connectivity index (χ4v) is 2.19. The number of nitrogens with zero attached hydrogens (tertiary/aromatic N) is 1. The van der Waals surface area contributed by atoms with E-state index < -0.39 is 5.82 Å². The van der Waals surface area contributed by atoms with Crippen molar-refractivity contribution in [3.05, 3.63) is 34.1 Å². The van der Waals surface area contributed by atoms with Crippen LogP contribution in [0, 0.1) is 5.82 Å². The summed E-state index contributed by atoms with van der Waals surface area (Å²) in [5.41, 5.74) is 0.0667. The molecule has 0 fully saturated rings. The average molecular weight is 317 g/mol. The van der Waals surface area contributed by atoms with E-state index in [4.69, 9.17) is 0 Å². The second-order valence-electron chi connectivity index (χ2n) is 3.88. The van der Waals surface area contributed by atoms with Gasteiger partial charge in [0.25, 0.3) is 5.91 Å². The summed E-state index contributed by atoms with van der Waals surface area (Å²) in [4.78, 5) is 14.0. The molecule has 0 aliphatic heterocycles. The van der Waals surface area contributed by atoms with Crippen molar-refractivity contribution in [3.63, 3.8) is 0 Å². The molecule has 3 nitrogen and oxygen atoms in total. The number of amides is 1. The van der Waals surface area contributed by atoms with E-state index in [9.17, 15) is 9.18 Å². The van der Waals surface area contributed by atoms with E-state index in [0.717, 1.165) is 19.6 Å². The lowest BCUT2D eigenvalue weighted by Gasteiger charge is -2.18. The Morgan fingerprint density at radius 1 is 1.39 bits per heavy atom. The zero-order valence-corrected chi connectivity index (χ0v) is 12.3. The van der Waals surface area contributed by atoms with Gasteiger partial charge in [-0.15, -0.1) is 0 Å². The Hall–Kier alpha value is -0.940. The van der Waals surface area contributed by atoms with Crippen LogP contribution in [0.25, 0.3) is 0 Å². The third-order valence-corrected chi connectivity index (χ3v) is 3.46. The summed E-state index contributed by atoms with van der Waals surface area (Å²) in [5.74, 6) is -0.892. The molecule has 0 aromatic heterocycles. The third kappa shape index (κ3) is 4.07. The first-order valence-corrected chi connectivity index (χ1v) is 6.84. The standard InChI is InChI=1S/C13H18BrFN2O/c1-3-17(4-2)9-8-16-13(18)12-10(14)6-5-7-11(12)15/h5-7H,3-4,8-9H2,1-2H3,(H,16,18). The first-order chi connectivity index (χ1) is 8.60. The number of halogens is 2. The van der Waals surface area contributed by atoms with E-state index >= 15 is 0 Å². The van der Waals surface area contributed by atoms with Crippen LogP contribution in [0.5, 0.6) is 0 Å². The lowest BCUT2D eigenvalue weighted by molar-refractivity contribution is 0.0944. The number of carbonyl (C=O) groups is 1. The number of carbonyl (C=O) groups excluding carboxylic acids is 1. The van der Waals surface area contributed by atoms with Gasteiger partial charge in [0.2, 0.25) is 0 Å². The van der Waals surface area contributed by atoms with Crippen molar-refractivity contribution < 1.29 is 9.18 Å². The SMILES string of the molecule is CCN(CC)CCNC(=O)c1c(F)cccc1Br. The molecule has 0 aliphatic carbocycles. The Labute approximate surface area is 115 Å². The van der Waals surface area contributed by atoms with Crippen LogP contribution in [0.15, 0.2) is 22.7 Å². The molecule has 1 rings (SSSR count). The van der Waals surface area contributed by atoms with Gasteiger partial charge in [0.15, 0.2) is 0 Å². The highest BCUT2D eigenvalue weighted by Gasteiger charge is 2.14. The average Bonchev–Trinajstić information content (AvgIpc) is 2.34. The van der Waals surface area contributed by atoms with Gasteiger partial charge in [-0.1, -0.05) is 19.9 Å². The second kappa shape index (κ2) is 7.48. The summed E-state index contributed by atoms with van der Waals surface area (Å²) >= 11 is 3.18. The zero-order chi connectivity index (χ0) is 13.5. The molecule has 1 amide bonds. The normalized spacial score (nSPS) is 10.7. The number of likely N-dealkylation sites (N-methyl/N-ethyl adjacent to an activating group) is 1. The van der Waals surface area contributed by atoms with Crippen LogP contribution in [-0.2, 0) is 0 Å². The van der Waals surface area contributed by atoms with E-state index in [-0.39, 0.29) is 11.5 Å². The number of nitrogens with one attached hydrogen (secondary N) is 1. The lowest BCUT2D eigenvalue weighted by Crippen LogP contribution is -2.35. The zero-order valence-electron chi connectivity index (χ0n) is 10.7. The van der Waals surface area contributed by atoms with E-state index in [1.54, 1.807) is 12.1 Å². The molecule has 5 heteroatoms. The van der Waals surface area contributed by atoms with E-state index in [2.05, 4.69) is 40.0 Å². The number of hydrogen-bond donors (Lipinski definition) is 1. The molecule has 1 aromatic carbocycles. The molecule has 0 saturated carbocycles. The Morgan fingerprint density at radius 2 is 2.06 bits per heavy atom. The highest BCUT2D eigenvalue weighted by molar-refractivity contribution is 9.10. The largest absolute Gasteiger partial charge is 0.351 e. The fraction of sp³-hybridized carbons (Fsp3) is 0.462. The second-order valence-corrected chi connectivity index (χ2v) is 4.73. The Bertz CT molecular complexity index is 388. The Morgan fingerprint density at radius 3 is 2.61 bits per heavy atom. The van der Waals surface area contributed by atoms with Gasteiger partial charge in [0.1, 0.15) is 5.82 Å². The molecule has 0 atom stereocenters. The molecular formula is C13H18BrFN2O. The van der Waals surface area contributed by atoms with Crippen molar-refractivity contribution in [2.45, 2.75) is 13.8 Å². The minimum absolute atomic E-state index is 0.0667. The van der Waals surface area contributed by atoms with Crippen LogP contribution in [0.4, 0.5) is 4.39 Å². The van der Waals surface area contributed by atoms with Crippen molar-refractivity contribution in [3.8, 4) is 0 Å². The van der Waals surface area contributed by atoms with Gasteiger partial charge in [0.05, 0.1) is 5.56 Å². The molecule has 0 spiro atoms. The molecule has 1 aromatic rings. The van der Waals surface area contributed by atoms with Crippen LogP contribution in [0.3, 0.4) is 0 Å². The van der Waals surface area contributed by atoms with E-state index in [1.165, 1.54) is 6.07 Å². The molecule has 0 radical (unpaired) electrons. The predicted octanol–water partition coefficient (Wildman–Crippen LogP) is 2.66. The minimum atomic E-state index is -0.510. The van der Waals surface area contributed by atoms with Crippen LogP contribution in [0.1, 0.15) is 24.2 Å². The van der Waals surface area contributed by atoms with Crippen LogP contribution in [-0.4, -0.2) is 37.0 Å². The summed E-state index contributed by atoms with van der Waals surface area (Å²) in [7, 11) is 0. The van der Waals surface area contributed by atoms with E-state index in [0.29, 0.717) is 11.0 Å². The maximum absolute atomic E-state index is 13.5. The number of hydrogen-bond acceptors (Lipinski definition) is 2. The van der Waals surface area contributed by atoms with Gasteiger partial charge in [-0.2, -0.15) is 0 Å². The summed E-state index contributed by atoms with van der Waals surface area (Å²) in [5, 5.41) is 2.73. The van der Waals surface area contributed by atoms with E-state index in [1.807, 2.05) is 0 Å². The van der Waals surface area contributed by atoms with Crippen molar-refractivity contribution in [2.75, 3.05) is 26.2 Å². The van der Waals surface area contributed by atoms with Crippen molar-refractivity contribution in [1.29, 1.82) is 0 Å². The smallest absolute Gasteiger partial charge is 0.255 e. The molecule has 18 heavy (non-hydrogen) atoms. The van der Waals surface area contributed by atoms with Gasteiger partial charge in [-0.25, -0.2) is 4.39 Å².